The van der Waals surface area contributed by atoms with Gasteiger partial charge in [0.25, 0.3) is 0 Å². The van der Waals surface area contributed by atoms with Gasteiger partial charge in [0.2, 0.25) is 0 Å². The fourth-order valence-corrected chi connectivity index (χ4v) is 2.70. The summed E-state index contributed by atoms with van der Waals surface area (Å²) in [7, 11) is 0. The molecule has 5 nitrogen and oxygen atoms in total. The summed E-state index contributed by atoms with van der Waals surface area (Å²) in [6.07, 6.45) is 4.17. The minimum Gasteiger partial charge on any atom is -0.444 e. The molecule has 0 spiro atoms. The Morgan fingerprint density at radius 2 is 2.18 bits per heavy atom. The van der Waals surface area contributed by atoms with E-state index in [0.717, 1.165) is 45.4 Å². The van der Waals surface area contributed by atoms with Crippen molar-refractivity contribution in [1.82, 2.24) is 10.2 Å². The zero-order chi connectivity index (χ0) is 16.6. The van der Waals surface area contributed by atoms with Crippen LogP contribution in [0.1, 0.15) is 53.4 Å². The van der Waals surface area contributed by atoms with Crippen LogP contribution in [0.15, 0.2) is 0 Å². The van der Waals surface area contributed by atoms with E-state index in [-0.39, 0.29) is 12.7 Å². The highest BCUT2D eigenvalue weighted by Crippen LogP contribution is 2.18. The SMILES string of the molecule is CC(CO)CCCNCC1CCCN(C(=O)OC(C)(C)C)C1. The number of rotatable bonds is 7. The first-order chi connectivity index (χ1) is 10.3. The van der Waals surface area contributed by atoms with Crippen LogP contribution < -0.4 is 5.32 Å². The lowest BCUT2D eigenvalue weighted by atomic mass is 9.98. The second-order valence-electron chi connectivity index (χ2n) is 7.57. The molecule has 5 heteroatoms. The smallest absolute Gasteiger partial charge is 0.410 e. The van der Waals surface area contributed by atoms with Crippen LogP contribution in [0.4, 0.5) is 4.79 Å². The molecule has 1 rings (SSSR count). The Bertz CT molecular complexity index is 328. The number of aliphatic hydroxyl groups is 1. The molecule has 0 bridgehead atoms. The lowest BCUT2D eigenvalue weighted by molar-refractivity contribution is 0.0166. The van der Waals surface area contributed by atoms with E-state index in [1.165, 1.54) is 6.42 Å². The Morgan fingerprint density at radius 3 is 2.82 bits per heavy atom. The van der Waals surface area contributed by atoms with Crippen molar-refractivity contribution in [2.45, 2.75) is 59.0 Å². The van der Waals surface area contributed by atoms with Gasteiger partial charge in [-0.3, -0.25) is 0 Å². The van der Waals surface area contributed by atoms with Crippen molar-refractivity contribution in [3.05, 3.63) is 0 Å². The standard InChI is InChI=1S/C17H34N2O3/c1-14(13-20)7-5-9-18-11-15-8-6-10-19(12-15)16(21)22-17(2,3)4/h14-15,18,20H,5-13H2,1-4H3. The van der Waals surface area contributed by atoms with Gasteiger partial charge in [-0.2, -0.15) is 0 Å². The summed E-state index contributed by atoms with van der Waals surface area (Å²) in [6.45, 7) is 11.6. The van der Waals surface area contributed by atoms with Crippen molar-refractivity contribution in [3.63, 3.8) is 0 Å². The maximum Gasteiger partial charge on any atom is 0.410 e. The largest absolute Gasteiger partial charge is 0.444 e. The highest BCUT2D eigenvalue weighted by Gasteiger charge is 2.27. The molecule has 0 aromatic carbocycles. The van der Waals surface area contributed by atoms with Gasteiger partial charge < -0.3 is 20.1 Å². The van der Waals surface area contributed by atoms with Crippen molar-refractivity contribution in [2.75, 3.05) is 32.8 Å². The van der Waals surface area contributed by atoms with Crippen molar-refractivity contribution >= 4 is 6.09 Å². The first-order valence-corrected chi connectivity index (χ1v) is 8.61. The number of nitrogens with zero attached hydrogens (tertiary/aromatic N) is 1. The maximum absolute atomic E-state index is 12.1. The number of hydrogen-bond donors (Lipinski definition) is 2. The molecule has 0 radical (unpaired) electrons. The van der Waals surface area contributed by atoms with Crippen molar-refractivity contribution < 1.29 is 14.6 Å². The molecule has 0 aromatic heterocycles. The predicted octanol–water partition coefficient (Wildman–Crippen LogP) is 2.63. The molecule has 1 aliphatic rings. The van der Waals surface area contributed by atoms with Gasteiger partial charge >= 0.3 is 6.09 Å². The number of nitrogens with one attached hydrogen (secondary N) is 1. The monoisotopic (exact) mass is 314 g/mol. The van der Waals surface area contributed by atoms with Crippen LogP contribution in [0.3, 0.4) is 0 Å². The van der Waals surface area contributed by atoms with Gasteiger partial charge in [-0.25, -0.2) is 4.79 Å². The molecular weight excluding hydrogens is 280 g/mol. The molecule has 2 atom stereocenters. The van der Waals surface area contributed by atoms with Gasteiger partial charge in [0.1, 0.15) is 5.60 Å². The highest BCUT2D eigenvalue weighted by molar-refractivity contribution is 5.68. The molecule has 0 aromatic rings. The third-order valence-corrected chi connectivity index (χ3v) is 3.97. The maximum atomic E-state index is 12.1. The van der Waals surface area contributed by atoms with Crippen LogP contribution in [0.2, 0.25) is 0 Å². The van der Waals surface area contributed by atoms with Crippen LogP contribution in [0.25, 0.3) is 0 Å². The number of amides is 1. The third-order valence-electron chi connectivity index (χ3n) is 3.97. The molecule has 1 saturated heterocycles. The normalized spacial score (nSPS) is 20.8. The molecule has 2 N–H and O–H groups in total. The van der Waals surface area contributed by atoms with Gasteiger partial charge in [0, 0.05) is 19.7 Å². The Hall–Kier alpha value is -0.810. The Morgan fingerprint density at radius 1 is 1.45 bits per heavy atom. The number of hydrogen-bond acceptors (Lipinski definition) is 4. The topological polar surface area (TPSA) is 61.8 Å². The number of likely N-dealkylation sites (tertiary alicyclic amines) is 1. The summed E-state index contributed by atoms with van der Waals surface area (Å²) in [5.74, 6) is 0.899. The molecule has 1 aliphatic heterocycles. The minimum atomic E-state index is -0.425. The molecule has 2 unspecified atom stereocenters. The van der Waals surface area contributed by atoms with Gasteiger partial charge in [-0.15, -0.1) is 0 Å². The average molecular weight is 314 g/mol. The second kappa shape index (κ2) is 9.36. The van der Waals surface area contributed by atoms with E-state index in [9.17, 15) is 4.79 Å². The molecule has 0 aliphatic carbocycles. The summed E-state index contributed by atoms with van der Waals surface area (Å²) in [5, 5.41) is 12.5. The molecular formula is C17H34N2O3. The average Bonchev–Trinajstić information content (AvgIpc) is 2.45. The van der Waals surface area contributed by atoms with Crippen molar-refractivity contribution in [3.8, 4) is 0 Å². The summed E-state index contributed by atoms with van der Waals surface area (Å²) in [5.41, 5.74) is -0.425. The van der Waals surface area contributed by atoms with Gasteiger partial charge in [0.05, 0.1) is 0 Å². The number of piperidine rings is 1. The molecule has 22 heavy (non-hydrogen) atoms. The highest BCUT2D eigenvalue weighted by atomic mass is 16.6. The first kappa shape index (κ1) is 19.2. The van der Waals surface area contributed by atoms with Crippen LogP contribution in [0, 0.1) is 11.8 Å². The fourth-order valence-electron chi connectivity index (χ4n) is 2.70. The summed E-state index contributed by atoms with van der Waals surface area (Å²) >= 11 is 0. The van der Waals surface area contributed by atoms with E-state index in [1.807, 2.05) is 25.7 Å². The minimum absolute atomic E-state index is 0.186. The van der Waals surface area contributed by atoms with Crippen LogP contribution in [-0.4, -0.2) is 54.5 Å². The van der Waals surface area contributed by atoms with Crippen LogP contribution in [0.5, 0.6) is 0 Å². The quantitative estimate of drug-likeness (QED) is 0.709. The van der Waals surface area contributed by atoms with E-state index < -0.39 is 5.60 Å². The van der Waals surface area contributed by atoms with E-state index in [0.29, 0.717) is 11.8 Å². The number of aliphatic hydroxyl groups excluding tert-OH is 1. The number of ether oxygens (including phenoxy) is 1. The molecule has 0 saturated carbocycles. The second-order valence-corrected chi connectivity index (χ2v) is 7.57. The summed E-state index contributed by atoms with van der Waals surface area (Å²) in [6, 6.07) is 0. The van der Waals surface area contributed by atoms with Gasteiger partial charge in [-0.05, 0) is 71.4 Å². The molecule has 1 heterocycles. The van der Waals surface area contributed by atoms with E-state index in [2.05, 4.69) is 12.2 Å². The first-order valence-electron chi connectivity index (χ1n) is 8.61. The van der Waals surface area contributed by atoms with E-state index in [1.54, 1.807) is 0 Å². The summed E-state index contributed by atoms with van der Waals surface area (Å²) < 4.78 is 5.45. The Kier molecular flexibility index (Phi) is 8.18. The fraction of sp³-hybridized carbons (Fsp3) is 0.941. The van der Waals surface area contributed by atoms with Gasteiger partial charge in [0.15, 0.2) is 0 Å². The summed E-state index contributed by atoms with van der Waals surface area (Å²) in [4.78, 5) is 13.9. The number of carbonyl (C=O) groups excluding carboxylic acids is 1. The molecule has 130 valence electrons. The Labute approximate surface area is 135 Å². The third kappa shape index (κ3) is 7.99. The van der Waals surface area contributed by atoms with Crippen molar-refractivity contribution in [1.29, 1.82) is 0 Å². The van der Waals surface area contributed by atoms with Crippen LogP contribution >= 0.6 is 0 Å². The Balaban J connectivity index is 2.22. The zero-order valence-electron chi connectivity index (χ0n) is 14.7. The van der Waals surface area contributed by atoms with Crippen molar-refractivity contribution in [2.24, 2.45) is 11.8 Å². The van der Waals surface area contributed by atoms with E-state index in [4.69, 9.17) is 9.84 Å². The van der Waals surface area contributed by atoms with E-state index >= 15 is 0 Å². The molecule has 1 amide bonds. The number of carbonyl (C=O) groups is 1. The zero-order valence-corrected chi connectivity index (χ0v) is 14.7. The lowest BCUT2D eigenvalue weighted by Gasteiger charge is -2.34. The van der Waals surface area contributed by atoms with Gasteiger partial charge in [-0.1, -0.05) is 6.92 Å². The molecule has 1 fully saturated rings. The predicted molar refractivity (Wildman–Crippen MR) is 88.9 cm³/mol. The lowest BCUT2D eigenvalue weighted by Crippen LogP contribution is -2.45. The van der Waals surface area contributed by atoms with Crippen LogP contribution in [-0.2, 0) is 4.74 Å².